The molecule has 1 saturated heterocycles. The Morgan fingerprint density at radius 2 is 2.25 bits per heavy atom. The van der Waals surface area contributed by atoms with E-state index < -0.39 is 0 Å². The smallest absolute Gasteiger partial charge is 0.344 e. The number of aromatic nitrogens is 3. The summed E-state index contributed by atoms with van der Waals surface area (Å²) in [5.41, 5.74) is -0.235. The Labute approximate surface area is 146 Å². The fraction of sp³-hybridized carbons (Fsp3) is 0.812. The summed E-state index contributed by atoms with van der Waals surface area (Å²) in [5.74, 6) is 0.914. The van der Waals surface area contributed by atoms with Crippen molar-refractivity contribution in [1.82, 2.24) is 19.7 Å². The lowest BCUT2D eigenvalue weighted by molar-refractivity contribution is -0.129. The minimum atomic E-state index is -0.235. The lowest BCUT2D eigenvalue weighted by atomic mass is 10.2. The van der Waals surface area contributed by atoms with E-state index in [0.717, 1.165) is 38.8 Å². The molecule has 0 bridgehead atoms. The summed E-state index contributed by atoms with van der Waals surface area (Å²) in [5, 5.41) is 7.13. The Kier molecular flexibility index (Phi) is 5.65. The van der Waals surface area contributed by atoms with Crippen LogP contribution in [0.5, 0.6) is 0 Å². The van der Waals surface area contributed by atoms with Crippen LogP contribution in [0.2, 0.25) is 0 Å². The average Bonchev–Trinajstić information content (AvgIpc) is 3.15. The van der Waals surface area contributed by atoms with E-state index in [1.54, 1.807) is 4.57 Å². The molecule has 1 aromatic heterocycles. The summed E-state index contributed by atoms with van der Waals surface area (Å²) in [4.78, 5) is 26.5. The Morgan fingerprint density at radius 3 is 2.88 bits per heavy atom. The summed E-state index contributed by atoms with van der Waals surface area (Å²) in [7, 11) is 0. The average molecular weight is 354 g/mol. The van der Waals surface area contributed by atoms with Gasteiger partial charge in [0.2, 0.25) is 5.91 Å². The first-order chi connectivity index (χ1) is 11.5. The van der Waals surface area contributed by atoms with Crippen molar-refractivity contribution in [3.63, 3.8) is 0 Å². The van der Waals surface area contributed by atoms with Crippen molar-refractivity contribution in [2.24, 2.45) is 5.92 Å². The molecule has 3 rings (SSSR count). The number of nitrogens with zero attached hydrogens (tertiary/aromatic N) is 3. The molecular formula is C16H26N4O3S. The highest BCUT2D eigenvalue weighted by atomic mass is 32.2. The third kappa shape index (κ3) is 4.42. The van der Waals surface area contributed by atoms with Gasteiger partial charge < -0.3 is 9.64 Å². The quantitative estimate of drug-likeness (QED) is 0.716. The number of hydrogen-bond donors (Lipinski definition) is 1. The van der Waals surface area contributed by atoms with Gasteiger partial charge in [-0.15, -0.1) is 5.10 Å². The number of thioether (sulfide) groups is 1. The van der Waals surface area contributed by atoms with Crippen LogP contribution in [0.15, 0.2) is 9.95 Å². The molecule has 0 spiro atoms. The lowest BCUT2D eigenvalue weighted by Gasteiger charge is -2.24. The van der Waals surface area contributed by atoms with Gasteiger partial charge in [0.25, 0.3) is 0 Å². The molecule has 1 amide bonds. The van der Waals surface area contributed by atoms with E-state index >= 15 is 0 Å². The van der Waals surface area contributed by atoms with Crippen molar-refractivity contribution in [1.29, 1.82) is 0 Å². The number of ether oxygens (including phenoxy) is 1. The number of carbonyl (C=O) groups excluding carboxylic acids is 1. The molecule has 2 aliphatic rings. The van der Waals surface area contributed by atoms with E-state index in [2.05, 4.69) is 24.0 Å². The minimum absolute atomic E-state index is 0.0688. The molecule has 0 aromatic carbocycles. The molecule has 1 aliphatic heterocycles. The number of rotatable bonds is 8. The molecule has 1 unspecified atom stereocenters. The third-order valence-corrected chi connectivity index (χ3v) is 5.29. The predicted octanol–water partition coefficient (Wildman–Crippen LogP) is 1.49. The predicted molar refractivity (Wildman–Crippen MR) is 92.1 cm³/mol. The van der Waals surface area contributed by atoms with Gasteiger partial charge in [-0.3, -0.25) is 9.36 Å². The van der Waals surface area contributed by atoms with Crippen LogP contribution in [-0.2, 0) is 16.1 Å². The largest absolute Gasteiger partial charge is 0.376 e. The maximum Gasteiger partial charge on any atom is 0.344 e. The Morgan fingerprint density at radius 1 is 1.46 bits per heavy atom. The topological polar surface area (TPSA) is 80.2 Å². The summed E-state index contributed by atoms with van der Waals surface area (Å²) < 4.78 is 7.19. The van der Waals surface area contributed by atoms with Crippen LogP contribution in [0.4, 0.5) is 0 Å². The SMILES string of the molecule is CC(C)CN(C(=O)CSc1n[nH]c(=O)n1CC1CCCO1)C1CC1. The highest BCUT2D eigenvalue weighted by Crippen LogP contribution is 2.29. The summed E-state index contributed by atoms with van der Waals surface area (Å²) >= 11 is 1.33. The summed E-state index contributed by atoms with van der Waals surface area (Å²) in [6, 6.07) is 0.411. The van der Waals surface area contributed by atoms with Crippen molar-refractivity contribution in [2.75, 3.05) is 18.9 Å². The Hall–Kier alpha value is -1.28. The van der Waals surface area contributed by atoms with Gasteiger partial charge in [0.15, 0.2) is 5.16 Å². The lowest BCUT2D eigenvalue weighted by Crippen LogP contribution is -2.37. The van der Waals surface area contributed by atoms with Gasteiger partial charge in [-0.05, 0) is 31.6 Å². The molecule has 134 valence electrons. The second kappa shape index (κ2) is 7.74. The van der Waals surface area contributed by atoms with E-state index in [1.807, 2.05) is 4.90 Å². The molecule has 1 atom stereocenters. The van der Waals surface area contributed by atoms with Crippen LogP contribution in [-0.4, -0.2) is 56.6 Å². The van der Waals surface area contributed by atoms with Gasteiger partial charge in [-0.2, -0.15) is 0 Å². The van der Waals surface area contributed by atoms with Crippen LogP contribution in [0, 0.1) is 5.92 Å². The first-order valence-corrected chi connectivity index (χ1v) is 9.72. The van der Waals surface area contributed by atoms with Gasteiger partial charge in [-0.1, -0.05) is 25.6 Å². The Bertz CT molecular complexity index is 617. The zero-order valence-corrected chi connectivity index (χ0v) is 15.2. The first kappa shape index (κ1) is 17.5. The second-order valence-electron chi connectivity index (χ2n) is 7.02. The van der Waals surface area contributed by atoms with Crippen LogP contribution in [0.25, 0.3) is 0 Å². The number of amides is 1. The monoisotopic (exact) mass is 354 g/mol. The molecule has 1 aromatic rings. The highest BCUT2D eigenvalue weighted by molar-refractivity contribution is 7.99. The number of carbonyl (C=O) groups is 1. The van der Waals surface area contributed by atoms with Crippen LogP contribution < -0.4 is 5.69 Å². The van der Waals surface area contributed by atoms with Crippen LogP contribution in [0.3, 0.4) is 0 Å². The van der Waals surface area contributed by atoms with E-state index in [1.165, 1.54) is 11.8 Å². The zero-order chi connectivity index (χ0) is 17.1. The van der Waals surface area contributed by atoms with E-state index in [9.17, 15) is 9.59 Å². The number of aromatic amines is 1. The maximum atomic E-state index is 12.6. The summed E-state index contributed by atoms with van der Waals surface area (Å²) in [6.45, 7) is 6.31. The van der Waals surface area contributed by atoms with E-state index in [0.29, 0.717) is 29.4 Å². The molecular weight excluding hydrogens is 328 g/mol. The Balaban J connectivity index is 1.59. The standard InChI is InChI=1S/C16H26N4O3S/c1-11(2)8-19(12-5-6-12)14(21)10-24-16-18-17-15(22)20(16)9-13-4-3-7-23-13/h11-13H,3-10H2,1-2H3,(H,17,22). The fourth-order valence-electron chi connectivity index (χ4n) is 3.01. The van der Waals surface area contributed by atoms with Crippen molar-refractivity contribution in [3.8, 4) is 0 Å². The molecule has 1 saturated carbocycles. The summed E-state index contributed by atoms with van der Waals surface area (Å²) in [6.07, 6.45) is 4.28. The first-order valence-electron chi connectivity index (χ1n) is 8.73. The van der Waals surface area contributed by atoms with Crippen molar-refractivity contribution in [2.45, 2.75) is 63.4 Å². The van der Waals surface area contributed by atoms with Gasteiger partial charge in [0.05, 0.1) is 18.4 Å². The molecule has 8 heteroatoms. The van der Waals surface area contributed by atoms with Gasteiger partial charge in [0, 0.05) is 19.2 Å². The number of H-pyrrole nitrogens is 1. The molecule has 0 radical (unpaired) electrons. The zero-order valence-electron chi connectivity index (χ0n) is 14.4. The van der Waals surface area contributed by atoms with Gasteiger partial charge >= 0.3 is 5.69 Å². The van der Waals surface area contributed by atoms with Crippen LogP contribution in [0.1, 0.15) is 39.5 Å². The second-order valence-corrected chi connectivity index (χ2v) is 7.96. The molecule has 2 heterocycles. The molecule has 7 nitrogen and oxygen atoms in total. The van der Waals surface area contributed by atoms with Crippen LogP contribution >= 0.6 is 11.8 Å². The highest BCUT2D eigenvalue weighted by Gasteiger charge is 2.32. The number of hydrogen-bond acceptors (Lipinski definition) is 5. The van der Waals surface area contributed by atoms with E-state index in [4.69, 9.17) is 4.74 Å². The van der Waals surface area contributed by atoms with Gasteiger partial charge in [-0.25, -0.2) is 9.89 Å². The maximum absolute atomic E-state index is 12.6. The normalized spacial score (nSPS) is 20.7. The fourth-order valence-corrected chi connectivity index (χ4v) is 3.85. The number of nitrogens with one attached hydrogen (secondary N) is 1. The van der Waals surface area contributed by atoms with E-state index in [-0.39, 0.29) is 17.7 Å². The van der Waals surface area contributed by atoms with Crippen molar-refractivity contribution in [3.05, 3.63) is 10.5 Å². The molecule has 24 heavy (non-hydrogen) atoms. The van der Waals surface area contributed by atoms with Crippen molar-refractivity contribution < 1.29 is 9.53 Å². The third-order valence-electron chi connectivity index (χ3n) is 4.33. The minimum Gasteiger partial charge on any atom is -0.376 e. The molecule has 1 aliphatic carbocycles. The van der Waals surface area contributed by atoms with Crippen molar-refractivity contribution >= 4 is 17.7 Å². The molecule has 1 N–H and O–H groups in total. The molecule has 2 fully saturated rings. The van der Waals surface area contributed by atoms with Gasteiger partial charge in [0.1, 0.15) is 0 Å².